The largest absolute Gasteiger partial charge is 0.316 e. The summed E-state index contributed by atoms with van der Waals surface area (Å²) in [6, 6.07) is 0.625. The van der Waals surface area contributed by atoms with Crippen LogP contribution in [0.1, 0.15) is 52.9 Å². The first-order valence-corrected chi connectivity index (χ1v) is 9.11. The Hall–Kier alpha value is -0.120. The molecule has 0 aromatic carbocycles. The van der Waals surface area contributed by atoms with Crippen molar-refractivity contribution in [1.82, 2.24) is 15.1 Å². The van der Waals surface area contributed by atoms with Gasteiger partial charge in [-0.2, -0.15) is 0 Å². The molecule has 2 aliphatic heterocycles. The molecule has 0 amide bonds. The van der Waals surface area contributed by atoms with E-state index in [4.69, 9.17) is 0 Å². The highest BCUT2D eigenvalue weighted by molar-refractivity contribution is 4.82. The predicted molar refractivity (Wildman–Crippen MR) is 91.8 cm³/mol. The number of piperidine rings is 1. The van der Waals surface area contributed by atoms with E-state index in [-0.39, 0.29) is 0 Å². The van der Waals surface area contributed by atoms with E-state index in [1.54, 1.807) is 0 Å². The normalized spacial score (nSPS) is 24.6. The van der Waals surface area contributed by atoms with Crippen LogP contribution in [-0.4, -0.2) is 62.2 Å². The van der Waals surface area contributed by atoms with Crippen molar-refractivity contribution in [2.75, 3.05) is 46.3 Å². The molecule has 1 unspecified atom stereocenters. The Labute approximate surface area is 132 Å². The predicted octanol–water partition coefficient (Wildman–Crippen LogP) is 2.82. The Bertz CT molecular complexity index is 283. The second-order valence-corrected chi connectivity index (χ2v) is 8.29. The van der Waals surface area contributed by atoms with Crippen LogP contribution in [-0.2, 0) is 0 Å². The summed E-state index contributed by atoms with van der Waals surface area (Å²) in [5.41, 5.74) is 0.364. The van der Waals surface area contributed by atoms with Crippen LogP contribution in [0.5, 0.6) is 0 Å². The maximum atomic E-state index is 3.51. The molecule has 21 heavy (non-hydrogen) atoms. The zero-order valence-corrected chi connectivity index (χ0v) is 14.8. The molecule has 3 nitrogen and oxygen atoms in total. The molecule has 0 bridgehead atoms. The summed E-state index contributed by atoms with van der Waals surface area (Å²) in [5.74, 6) is 0.960. The third kappa shape index (κ3) is 5.54. The number of nitrogens with one attached hydrogen (secondary N) is 1. The second kappa shape index (κ2) is 7.94. The molecule has 1 N–H and O–H groups in total. The van der Waals surface area contributed by atoms with Crippen molar-refractivity contribution < 1.29 is 0 Å². The van der Waals surface area contributed by atoms with Gasteiger partial charge in [0.25, 0.3) is 0 Å². The molecule has 0 aromatic heterocycles. The molecule has 2 fully saturated rings. The van der Waals surface area contributed by atoms with Crippen LogP contribution in [0.3, 0.4) is 0 Å². The Morgan fingerprint density at radius 2 is 1.62 bits per heavy atom. The van der Waals surface area contributed by atoms with Crippen molar-refractivity contribution in [3.05, 3.63) is 0 Å². The molecule has 0 saturated carbocycles. The van der Waals surface area contributed by atoms with Gasteiger partial charge in [0, 0.05) is 12.6 Å². The average molecular weight is 296 g/mol. The maximum Gasteiger partial charge on any atom is 0.0125 e. The van der Waals surface area contributed by atoms with Gasteiger partial charge in [-0.1, -0.05) is 20.8 Å². The Kier molecular flexibility index (Phi) is 6.51. The van der Waals surface area contributed by atoms with E-state index in [0.717, 1.165) is 5.92 Å². The van der Waals surface area contributed by atoms with Crippen molar-refractivity contribution in [3.8, 4) is 0 Å². The lowest BCUT2D eigenvalue weighted by molar-refractivity contribution is 0.140. The van der Waals surface area contributed by atoms with Gasteiger partial charge < -0.3 is 15.1 Å². The van der Waals surface area contributed by atoms with Crippen LogP contribution in [0.25, 0.3) is 0 Å². The second-order valence-electron chi connectivity index (χ2n) is 8.29. The molecule has 2 aliphatic rings. The quantitative estimate of drug-likeness (QED) is 0.813. The van der Waals surface area contributed by atoms with Crippen molar-refractivity contribution in [1.29, 1.82) is 0 Å². The Morgan fingerprint density at radius 1 is 1.00 bits per heavy atom. The fourth-order valence-corrected chi connectivity index (χ4v) is 4.05. The third-order valence-electron chi connectivity index (χ3n) is 5.55. The van der Waals surface area contributed by atoms with Gasteiger partial charge in [-0.15, -0.1) is 0 Å². The molecule has 0 aliphatic carbocycles. The first-order valence-electron chi connectivity index (χ1n) is 9.11. The first-order chi connectivity index (χ1) is 9.99. The number of likely N-dealkylation sites (tertiary alicyclic amines) is 2. The highest BCUT2D eigenvalue weighted by Crippen LogP contribution is 2.24. The summed E-state index contributed by atoms with van der Waals surface area (Å²) in [6.07, 6.45) is 6.96. The van der Waals surface area contributed by atoms with Gasteiger partial charge in [0.1, 0.15) is 0 Å². The summed E-state index contributed by atoms with van der Waals surface area (Å²) < 4.78 is 0. The van der Waals surface area contributed by atoms with Crippen LogP contribution >= 0.6 is 0 Å². The fourth-order valence-electron chi connectivity index (χ4n) is 4.05. The summed E-state index contributed by atoms with van der Waals surface area (Å²) in [7, 11) is 2.11. The van der Waals surface area contributed by atoms with E-state index in [1.807, 2.05) is 0 Å². The van der Waals surface area contributed by atoms with Crippen molar-refractivity contribution in [3.63, 3.8) is 0 Å². The van der Waals surface area contributed by atoms with Crippen molar-refractivity contribution in [2.45, 2.75) is 58.9 Å². The van der Waals surface area contributed by atoms with E-state index in [0.29, 0.717) is 11.5 Å². The van der Waals surface area contributed by atoms with Gasteiger partial charge in [0.15, 0.2) is 0 Å². The molecule has 2 rings (SSSR count). The van der Waals surface area contributed by atoms with Gasteiger partial charge in [-0.3, -0.25) is 0 Å². The first kappa shape index (κ1) is 17.2. The van der Waals surface area contributed by atoms with Crippen LogP contribution in [0.2, 0.25) is 0 Å². The van der Waals surface area contributed by atoms with Crippen LogP contribution in [0.15, 0.2) is 0 Å². The van der Waals surface area contributed by atoms with Gasteiger partial charge in [0.2, 0.25) is 0 Å². The summed E-state index contributed by atoms with van der Waals surface area (Å²) in [5, 5.41) is 3.51. The van der Waals surface area contributed by atoms with Crippen LogP contribution in [0, 0.1) is 11.3 Å². The summed E-state index contributed by atoms with van der Waals surface area (Å²) in [4.78, 5) is 5.38. The average Bonchev–Trinajstić information content (AvgIpc) is 2.93. The lowest BCUT2D eigenvalue weighted by atomic mass is 9.84. The molecule has 0 radical (unpaired) electrons. The SMILES string of the molecule is CNC(CCN1CCC(CN2CCCC2)CC1)C(C)(C)C. The monoisotopic (exact) mass is 295 g/mol. The molecule has 124 valence electrons. The van der Waals surface area contributed by atoms with Crippen molar-refractivity contribution >= 4 is 0 Å². The van der Waals surface area contributed by atoms with Gasteiger partial charge >= 0.3 is 0 Å². The highest BCUT2D eigenvalue weighted by Gasteiger charge is 2.26. The zero-order chi connectivity index (χ0) is 15.3. The lowest BCUT2D eigenvalue weighted by Crippen LogP contribution is -2.43. The van der Waals surface area contributed by atoms with Gasteiger partial charge in [-0.25, -0.2) is 0 Å². The van der Waals surface area contributed by atoms with Crippen molar-refractivity contribution in [2.24, 2.45) is 11.3 Å². The Morgan fingerprint density at radius 3 is 2.14 bits per heavy atom. The standard InChI is InChI=1S/C18H37N3/c1-18(2,3)17(19-4)9-14-20-12-7-16(8-13-20)15-21-10-5-6-11-21/h16-17,19H,5-15H2,1-4H3. The topological polar surface area (TPSA) is 18.5 Å². The Balaban J connectivity index is 1.64. The van der Waals surface area contributed by atoms with Crippen LogP contribution < -0.4 is 5.32 Å². The molecular formula is C18H37N3. The van der Waals surface area contributed by atoms with E-state index in [9.17, 15) is 0 Å². The highest BCUT2D eigenvalue weighted by atomic mass is 15.2. The number of nitrogens with zero attached hydrogens (tertiary/aromatic N) is 2. The summed E-state index contributed by atoms with van der Waals surface area (Å²) in [6.45, 7) is 15.0. The summed E-state index contributed by atoms with van der Waals surface area (Å²) >= 11 is 0. The van der Waals surface area contributed by atoms with E-state index in [1.165, 1.54) is 71.4 Å². The molecule has 3 heteroatoms. The molecule has 0 spiro atoms. The zero-order valence-electron chi connectivity index (χ0n) is 14.8. The molecule has 2 heterocycles. The molecule has 2 saturated heterocycles. The van der Waals surface area contributed by atoms with Gasteiger partial charge in [-0.05, 0) is 83.2 Å². The minimum atomic E-state index is 0.364. The van der Waals surface area contributed by atoms with E-state index >= 15 is 0 Å². The maximum absolute atomic E-state index is 3.51. The lowest BCUT2D eigenvalue weighted by Gasteiger charge is -2.36. The smallest absolute Gasteiger partial charge is 0.0125 e. The third-order valence-corrected chi connectivity index (χ3v) is 5.55. The van der Waals surface area contributed by atoms with Crippen LogP contribution in [0.4, 0.5) is 0 Å². The molecule has 0 aromatic rings. The minimum Gasteiger partial charge on any atom is -0.316 e. The number of hydrogen-bond donors (Lipinski definition) is 1. The fraction of sp³-hybridized carbons (Fsp3) is 1.00. The van der Waals surface area contributed by atoms with Gasteiger partial charge in [0.05, 0.1) is 0 Å². The number of hydrogen-bond acceptors (Lipinski definition) is 3. The number of rotatable bonds is 6. The molecule has 1 atom stereocenters. The molecular weight excluding hydrogens is 258 g/mol. The van der Waals surface area contributed by atoms with E-state index in [2.05, 4.69) is 42.9 Å². The minimum absolute atomic E-state index is 0.364. The van der Waals surface area contributed by atoms with E-state index < -0.39 is 0 Å².